The van der Waals surface area contributed by atoms with Crippen molar-refractivity contribution in [3.05, 3.63) is 18.3 Å². The Bertz CT molecular complexity index is 311. The molecular formula is C11H16N2O2. The van der Waals surface area contributed by atoms with E-state index in [9.17, 15) is 0 Å². The van der Waals surface area contributed by atoms with Crippen molar-refractivity contribution in [2.24, 2.45) is 0 Å². The minimum Gasteiger partial charge on any atom is -0.497 e. The van der Waals surface area contributed by atoms with Crippen LogP contribution in [0.3, 0.4) is 0 Å². The van der Waals surface area contributed by atoms with Crippen LogP contribution in [0.2, 0.25) is 0 Å². The first-order valence-electron chi connectivity index (χ1n) is 5.23. The lowest BCUT2D eigenvalue weighted by atomic mass is 10.1. The Morgan fingerprint density at radius 3 is 3.00 bits per heavy atom. The van der Waals surface area contributed by atoms with E-state index in [0.29, 0.717) is 6.04 Å². The average Bonchev–Trinajstić information content (AvgIpc) is 2.31. The van der Waals surface area contributed by atoms with Crippen LogP contribution in [-0.4, -0.2) is 31.3 Å². The third-order valence-electron chi connectivity index (χ3n) is 2.54. The fraction of sp³-hybridized carbons (Fsp3) is 0.545. The monoisotopic (exact) mass is 208 g/mol. The number of hydrogen-bond donors (Lipinski definition) is 1. The highest BCUT2D eigenvalue weighted by molar-refractivity contribution is 5.41. The number of nitrogens with zero attached hydrogens (tertiary/aromatic N) is 1. The van der Waals surface area contributed by atoms with Gasteiger partial charge in [-0.15, -0.1) is 0 Å². The van der Waals surface area contributed by atoms with Gasteiger partial charge in [0.05, 0.1) is 7.11 Å². The first-order valence-corrected chi connectivity index (χ1v) is 5.23. The number of nitrogens with one attached hydrogen (secondary N) is 1. The van der Waals surface area contributed by atoms with Crippen LogP contribution in [0, 0.1) is 0 Å². The molecule has 1 fully saturated rings. The molecule has 1 N–H and O–H groups in total. The van der Waals surface area contributed by atoms with Gasteiger partial charge in [0.1, 0.15) is 11.6 Å². The summed E-state index contributed by atoms with van der Waals surface area (Å²) in [5, 5.41) is 3.38. The molecule has 0 atom stereocenters. The van der Waals surface area contributed by atoms with E-state index in [1.807, 2.05) is 12.1 Å². The van der Waals surface area contributed by atoms with Crippen molar-refractivity contribution in [1.82, 2.24) is 4.98 Å². The third kappa shape index (κ3) is 2.83. The van der Waals surface area contributed by atoms with E-state index >= 15 is 0 Å². The van der Waals surface area contributed by atoms with E-state index in [0.717, 1.165) is 37.6 Å². The molecule has 82 valence electrons. The first kappa shape index (κ1) is 10.2. The lowest BCUT2D eigenvalue weighted by molar-refractivity contribution is 0.0904. The van der Waals surface area contributed by atoms with Crippen molar-refractivity contribution in [3.63, 3.8) is 0 Å². The van der Waals surface area contributed by atoms with Gasteiger partial charge in [-0.05, 0) is 18.9 Å². The molecule has 0 aliphatic carbocycles. The molecule has 2 rings (SSSR count). The average molecular weight is 208 g/mol. The van der Waals surface area contributed by atoms with E-state index in [-0.39, 0.29) is 0 Å². The van der Waals surface area contributed by atoms with Crippen LogP contribution >= 0.6 is 0 Å². The van der Waals surface area contributed by atoms with Gasteiger partial charge >= 0.3 is 0 Å². The van der Waals surface area contributed by atoms with Gasteiger partial charge in [0, 0.05) is 31.5 Å². The van der Waals surface area contributed by atoms with Crippen LogP contribution < -0.4 is 10.1 Å². The molecule has 0 unspecified atom stereocenters. The van der Waals surface area contributed by atoms with Crippen LogP contribution in [0.15, 0.2) is 18.3 Å². The van der Waals surface area contributed by atoms with Crippen LogP contribution in [-0.2, 0) is 4.74 Å². The molecule has 0 spiro atoms. The van der Waals surface area contributed by atoms with Crippen LogP contribution in [0.5, 0.6) is 5.75 Å². The van der Waals surface area contributed by atoms with Crippen LogP contribution in [0.25, 0.3) is 0 Å². The van der Waals surface area contributed by atoms with Crippen molar-refractivity contribution >= 4 is 5.82 Å². The normalized spacial score (nSPS) is 17.4. The Morgan fingerprint density at radius 1 is 1.47 bits per heavy atom. The van der Waals surface area contributed by atoms with Gasteiger partial charge in [0.25, 0.3) is 0 Å². The van der Waals surface area contributed by atoms with Crippen molar-refractivity contribution in [1.29, 1.82) is 0 Å². The molecule has 0 aromatic carbocycles. The molecule has 1 aromatic rings. The van der Waals surface area contributed by atoms with Gasteiger partial charge < -0.3 is 14.8 Å². The summed E-state index contributed by atoms with van der Waals surface area (Å²) in [6, 6.07) is 4.23. The van der Waals surface area contributed by atoms with Crippen molar-refractivity contribution in [3.8, 4) is 5.75 Å². The maximum Gasteiger partial charge on any atom is 0.129 e. The van der Waals surface area contributed by atoms with Gasteiger partial charge in [-0.3, -0.25) is 0 Å². The second-order valence-corrected chi connectivity index (χ2v) is 3.61. The van der Waals surface area contributed by atoms with E-state index in [2.05, 4.69) is 10.3 Å². The molecule has 1 aliphatic rings. The van der Waals surface area contributed by atoms with Crippen LogP contribution in [0.4, 0.5) is 5.82 Å². The second kappa shape index (κ2) is 4.98. The summed E-state index contributed by atoms with van der Waals surface area (Å²) in [5.41, 5.74) is 0. The van der Waals surface area contributed by atoms with Gasteiger partial charge in [-0.2, -0.15) is 0 Å². The molecule has 15 heavy (non-hydrogen) atoms. The summed E-state index contributed by atoms with van der Waals surface area (Å²) in [6.07, 6.45) is 3.83. The summed E-state index contributed by atoms with van der Waals surface area (Å²) < 4.78 is 10.4. The number of methoxy groups -OCH3 is 1. The van der Waals surface area contributed by atoms with Gasteiger partial charge in [0.2, 0.25) is 0 Å². The van der Waals surface area contributed by atoms with Gasteiger partial charge in [0.15, 0.2) is 0 Å². The number of pyridine rings is 1. The summed E-state index contributed by atoms with van der Waals surface area (Å²) in [7, 11) is 1.66. The molecule has 0 amide bonds. The second-order valence-electron chi connectivity index (χ2n) is 3.61. The first-order chi connectivity index (χ1) is 7.38. The largest absolute Gasteiger partial charge is 0.497 e. The molecule has 1 aliphatic heterocycles. The zero-order chi connectivity index (χ0) is 10.5. The Hall–Kier alpha value is -1.29. The van der Waals surface area contributed by atoms with E-state index in [1.165, 1.54) is 0 Å². The molecule has 2 heterocycles. The molecule has 4 nitrogen and oxygen atoms in total. The Labute approximate surface area is 89.6 Å². The molecule has 1 saturated heterocycles. The number of anilines is 1. The summed E-state index contributed by atoms with van der Waals surface area (Å²) in [5.74, 6) is 1.71. The highest BCUT2D eigenvalue weighted by Gasteiger charge is 2.13. The molecular weight excluding hydrogens is 192 g/mol. The number of rotatable bonds is 3. The fourth-order valence-electron chi connectivity index (χ4n) is 1.67. The third-order valence-corrected chi connectivity index (χ3v) is 2.54. The molecule has 4 heteroatoms. The van der Waals surface area contributed by atoms with E-state index in [1.54, 1.807) is 13.3 Å². The minimum atomic E-state index is 0.471. The van der Waals surface area contributed by atoms with Crippen molar-refractivity contribution in [2.45, 2.75) is 18.9 Å². The van der Waals surface area contributed by atoms with E-state index in [4.69, 9.17) is 9.47 Å². The maximum atomic E-state index is 5.30. The molecule has 1 aromatic heterocycles. The number of hydrogen-bond acceptors (Lipinski definition) is 4. The summed E-state index contributed by atoms with van der Waals surface area (Å²) in [6.45, 7) is 1.67. The SMILES string of the molecule is COc1ccnc(NC2CCOCC2)c1. The predicted octanol–water partition coefficient (Wildman–Crippen LogP) is 1.68. The summed E-state index contributed by atoms with van der Waals surface area (Å²) in [4.78, 5) is 4.25. The van der Waals surface area contributed by atoms with Gasteiger partial charge in [-0.1, -0.05) is 0 Å². The van der Waals surface area contributed by atoms with Crippen molar-refractivity contribution in [2.75, 3.05) is 25.6 Å². The zero-order valence-corrected chi connectivity index (χ0v) is 8.90. The lowest BCUT2D eigenvalue weighted by Gasteiger charge is -2.23. The minimum absolute atomic E-state index is 0.471. The van der Waals surface area contributed by atoms with Gasteiger partial charge in [-0.25, -0.2) is 4.98 Å². The predicted molar refractivity (Wildman–Crippen MR) is 58.3 cm³/mol. The molecule has 0 saturated carbocycles. The Kier molecular flexibility index (Phi) is 3.40. The lowest BCUT2D eigenvalue weighted by Crippen LogP contribution is -2.28. The van der Waals surface area contributed by atoms with Crippen molar-refractivity contribution < 1.29 is 9.47 Å². The quantitative estimate of drug-likeness (QED) is 0.820. The number of aromatic nitrogens is 1. The Morgan fingerprint density at radius 2 is 2.27 bits per heavy atom. The number of ether oxygens (including phenoxy) is 2. The highest BCUT2D eigenvalue weighted by Crippen LogP contribution is 2.17. The van der Waals surface area contributed by atoms with Crippen LogP contribution in [0.1, 0.15) is 12.8 Å². The zero-order valence-electron chi connectivity index (χ0n) is 8.90. The van der Waals surface area contributed by atoms with E-state index < -0.39 is 0 Å². The highest BCUT2D eigenvalue weighted by atomic mass is 16.5. The Balaban J connectivity index is 1.96. The maximum absolute atomic E-state index is 5.30. The topological polar surface area (TPSA) is 43.4 Å². The standard InChI is InChI=1S/C11H16N2O2/c1-14-10-2-5-12-11(8-10)13-9-3-6-15-7-4-9/h2,5,8-9H,3-4,6-7H2,1H3,(H,12,13). The fourth-order valence-corrected chi connectivity index (χ4v) is 1.67. The smallest absolute Gasteiger partial charge is 0.129 e. The molecule has 0 radical (unpaired) electrons. The summed E-state index contributed by atoms with van der Waals surface area (Å²) >= 11 is 0. The molecule has 0 bridgehead atoms.